The maximum atomic E-state index is 5.33. The van der Waals surface area contributed by atoms with Crippen LogP contribution < -0.4 is 10.6 Å². The molecule has 0 fully saturated rings. The molecule has 7 heteroatoms. The van der Waals surface area contributed by atoms with Crippen LogP contribution in [0.15, 0.2) is 70.8 Å². The first kappa shape index (κ1) is 20.0. The Labute approximate surface area is 170 Å². The second kappa shape index (κ2) is 10.6. The van der Waals surface area contributed by atoms with Crippen molar-refractivity contribution in [3.63, 3.8) is 0 Å². The molecule has 0 bridgehead atoms. The summed E-state index contributed by atoms with van der Waals surface area (Å²) in [6.07, 6.45) is 8.11. The lowest BCUT2D eigenvalue weighted by atomic mass is 10.1. The minimum Gasteiger partial charge on any atom is -0.469 e. The molecule has 0 aliphatic carbocycles. The molecule has 0 amide bonds. The van der Waals surface area contributed by atoms with Crippen molar-refractivity contribution in [2.75, 3.05) is 13.6 Å². The van der Waals surface area contributed by atoms with Gasteiger partial charge in [-0.05, 0) is 23.3 Å². The highest BCUT2D eigenvalue weighted by Gasteiger charge is 2.01. The molecule has 2 heterocycles. The maximum absolute atomic E-state index is 5.33. The molecule has 2 aromatic heterocycles. The summed E-state index contributed by atoms with van der Waals surface area (Å²) >= 11 is 0. The average molecular weight is 465 g/mol. The first-order valence-corrected chi connectivity index (χ1v) is 8.34. The predicted molar refractivity (Wildman–Crippen MR) is 114 cm³/mol. The number of halogens is 1. The van der Waals surface area contributed by atoms with Crippen molar-refractivity contribution in [3.05, 3.63) is 78.3 Å². The van der Waals surface area contributed by atoms with Gasteiger partial charge in [-0.2, -0.15) is 0 Å². The molecule has 2 N–H and O–H groups in total. The Morgan fingerprint density at radius 3 is 2.81 bits per heavy atom. The van der Waals surface area contributed by atoms with Crippen molar-refractivity contribution in [1.82, 2.24) is 20.2 Å². The van der Waals surface area contributed by atoms with Gasteiger partial charge < -0.3 is 19.6 Å². The number of guanidine groups is 1. The summed E-state index contributed by atoms with van der Waals surface area (Å²) in [5.74, 6) is 1.75. The van der Waals surface area contributed by atoms with Crippen LogP contribution in [0.3, 0.4) is 0 Å². The van der Waals surface area contributed by atoms with Crippen molar-refractivity contribution >= 4 is 29.9 Å². The van der Waals surface area contributed by atoms with Gasteiger partial charge in [-0.25, -0.2) is 4.98 Å². The van der Waals surface area contributed by atoms with Crippen molar-refractivity contribution in [2.45, 2.75) is 19.5 Å². The molecule has 0 saturated heterocycles. The van der Waals surface area contributed by atoms with Crippen LogP contribution in [-0.2, 0) is 19.5 Å². The summed E-state index contributed by atoms with van der Waals surface area (Å²) in [5.41, 5.74) is 2.46. The normalized spacial score (nSPS) is 11.0. The molecule has 0 aliphatic heterocycles. The van der Waals surface area contributed by atoms with E-state index in [-0.39, 0.29) is 24.0 Å². The minimum atomic E-state index is 0. The first-order valence-electron chi connectivity index (χ1n) is 8.34. The lowest BCUT2D eigenvalue weighted by Gasteiger charge is -2.12. The SMILES string of the molecule is CN=C(NCCc1ccco1)NCc1cccc(Cn2ccnc2)c1.I. The maximum Gasteiger partial charge on any atom is 0.191 e. The molecule has 3 aromatic rings. The number of benzene rings is 1. The van der Waals surface area contributed by atoms with Crippen LogP contribution in [0.5, 0.6) is 0 Å². The summed E-state index contributed by atoms with van der Waals surface area (Å²) in [6.45, 7) is 2.32. The summed E-state index contributed by atoms with van der Waals surface area (Å²) in [5, 5.41) is 6.64. The van der Waals surface area contributed by atoms with Crippen LogP contribution in [0, 0.1) is 0 Å². The molecule has 138 valence electrons. The fourth-order valence-corrected chi connectivity index (χ4v) is 2.59. The summed E-state index contributed by atoms with van der Waals surface area (Å²) < 4.78 is 7.38. The molecule has 0 unspecified atom stereocenters. The fourth-order valence-electron chi connectivity index (χ4n) is 2.59. The van der Waals surface area contributed by atoms with Crippen molar-refractivity contribution in [1.29, 1.82) is 0 Å². The van der Waals surface area contributed by atoms with Gasteiger partial charge in [-0.3, -0.25) is 4.99 Å². The number of rotatable bonds is 7. The van der Waals surface area contributed by atoms with E-state index in [1.165, 1.54) is 11.1 Å². The van der Waals surface area contributed by atoms with Crippen molar-refractivity contribution in [3.8, 4) is 0 Å². The third-order valence-electron chi connectivity index (χ3n) is 3.84. The van der Waals surface area contributed by atoms with E-state index in [9.17, 15) is 0 Å². The van der Waals surface area contributed by atoms with E-state index in [4.69, 9.17) is 4.42 Å². The third kappa shape index (κ3) is 6.21. The zero-order valence-electron chi connectivity index (χ0n) is 14.8. The van der Waals surface area contributed by atoms with Crippen LogP contribution in [0.1, 0.15) is 16.9 Å². The molecule has 26 heavy (non-hydrogen) atoms. The van der Waals surface area contributed by atoms with Crippen LogP contribution >= 0.6 is 24.0 Å². The predicted octanol–water partition coefficient (Wildman–Crippen LogP) is 3.05. The topological polar surface area (TPSA) is 67.4 Å². The summed E-state index contributed by atoms with van der Waals surface area (Å²) in [7, 11) is 1.78. The van der Waals surface area contributed by atoms with Gasteiger partial charge in [0.2, 0.25) is 0 Å². The van der Waals surface area contributed by atoms with Gasteiger partial charge in [-0.1, -0.05) is 24.3 Å². The summed E-state index contributed by atoms with van der Waals surface area (Å²) in [4.78, 5) is 8.33. The monoisotopic (exact) mass is 465 g/mol. The summed E-state index contributed by atoms with van der Waals surface area (Å²) in [6, 6.07) is 12.4. The number of hydrogen-bond acceptors (Lipinski definition) is 3. The number of nitrogens with one attached hydrogen (secondary N) is 2. The van der Waals surface area contributed by atoms with Gasteiger partial charge in [0.05, 0.1) is 12.6 Å². The molecule has 3 rings (SSSR count). The van der Waals surface area contributed by atoms with Crippen LogP contribution in [-0.4, -0.2) is 29.1 Å². The average Bonchev–Trinajstić information content (AvgIpc) is 3.32. The van der Waals surface area contributed by atoms with E-state index in [2.05, 4.69) is 49.4 Å². The largest absolute Gasteiger partial charge is 0.469 e. The smallest absolute Gasteiger partial charge is 0.191 e. The zero-order valence-corrected chi connectivity index (χ0v) is 17.1. The molecule has 0 aliphatic rings. The number of hydrogen-bond donors (Lipinski definition) is 2. The number of nitrogens with zero attached hydrogens (tertiary/aromatic N) is 3. The molecule has 0 radical (unpaired) electrons. The highest BCUT2D eigenvalue weighted by molar-refractivity contribution is 14.0. The van der Waals surface area contributed by atoms with Gasteiger partial charge in [0.15, 0.2) is 5.96 Å². The first-order chi connectivity index (χ1) is 12.3. The number of aromatic nitrogens is 2. The van der Waals surface area contributed by atoms with E-state index in [1.54, 1.807) is 19.5 Å². The zero-order chi connectivity index (χ0) is 17.3. The fraction of sp³-hybridized carbons (Fsp3) is 0.263. The highest BCUT2D eigenvalue weighted by atomic mass is 127. The number of aliphatic imine (C=N–C) groups is 1. The van der Waals surface area contributed by atoms with Crippen LogP contribution in [0.25, 0.3) is 0 Å². The van der Waals surface area contributed by atoms with Gasteiger partial charge in [-0.15, -0.1) is 24.0 Å². The lowest BCUT2D eigenvalue weighted by molar-refractivity contribution is 0.507. The quantitative estimate of drug-likeness (QED) is 0.320. The third-order valence-corrected chi connectivity index (χ3v) is 3.84. The molecular weight excluding hydrogens is 441 g/mol. The molecule has 0 spiro atoms. The van der Waals surface area contributed by atoms with E-state index in [1.807, 2.05) is 24.7 Å². The number of furan rings is 1. The van der Waals surface area contributed by atoms with Gasteiger partial charge >= 0.3 is 0 Å². The van der Waals surface area contributed by atoms with Gasteiger partial charge in [0, 0.05) is 45.5 Å². The van der Waals surface area contributed by atoms with Crippen molar-refractivity contribution < 1.29 is 4.42 Å². The van der Waals surface area contributed by atoms with Crippen molar-refractivity contribution in [2.24, 2.45) is 4.99 Å². The van der Waals surface area contributed by atoms with Crippen LogP contribution in [0.2, 0.25) is 0 Å². The van der Waals surface area contributed by atoms with E-state index < -0.39 is 0 Å². The molecule has 0 saturated carbocycles. The Bertz CT molecular complexity index is 784. The standard InChI is InChI=1S/C19H23N5O.HI/c1-20-19(22-8-7-18-6-3-11-25-18)23-13-16-4-2-5-17(12-16)14-24-10-9-21-15-24;/h2-6,9-12,15H,7-8,13-14H2,1H3,(H2,20,22,23);1H. The second-order valence-corrected chi connectivity index (χ2v) is 5.74. The highest BCUT2D eigenvalue weighted by Crippen LogP contribution is 2.07. The van der Waals surface area contributed by atoms with E-state index in [0.29, 0.717) is 0 Å². The molecular formula is C19H24IN5O. The minimum absolute atomic E-state index is 0. The molecule has 6 nitrogen and oxygen atoms in total. The Morgan fingerprint density at radius 1 is 1.19 bits per heavy atom. The Morgan fingerprint density at radius 2 is 2.08 bits per heavy atom. The molecule has 0 atom stereocenters. The van der Waals surface area contributed by atoms with E-state index >= 15 is 0 Å². The van der Waals surface area contributed by atoms with Gasteiger partial charge in [0.25, 0.3) is 0 Å². The number of imidazole rings is 1. The molecule has 1 aromatic carbocycles. The second-order valence-electron chi connectivity index (χ2n) is 5.74. The Kier molecular flexibility index (Phi) is 8.20. The Hall–Kier alpha value is -2.29. The Balaban J connectivity index is 0.00000243. The van der Waals surface area contributed by atoms with Gasteiger partial charge in [0.1, 0.15) is 5.76 Å². The van der Waals surface area contributed by atoms with Crippen LogP contribution in [0.4, 0.5) is 0 Å². The van der Waals surface area contributed by atoms with E-state index in [0.717, 1.165) is 37.8 Å². The lowest BCUT2D eigenvalue weighted by Crippen LogP contribution is -2.37.